The lowest BCUT2D eigenvalue weighted by Crippen LogP contribution is -2.47. The van der Waals surface area contributed by atoms with Crippen LogP contribution in [-0.2, 0) is 14.8 Å². The summed E-state index contributed by atoms with van der Waals surface area (Å²) in [4.78, 5) is 0. The zero-order valence-electron chi connectivity index (χ0n) is 11.4. The van der Waals surface area contributed by atoms with E-state index in [4.69, 9.17) is 4.74 Å². The first-order valence-electron chi connectivity index (χ1n) is 6.04. The van der Waals surface area contributed by atoms with Crippen molar-refractivity contribution in [1.29, 1.82) is 0 Å². The predicted octanol–water partition coefficient (Wildman–Crippen LogP) is 0.721. The lowest BCUT2D eigenvalue weighted by atomic mass is 10.1. The highest BCUT2D eigenvalue weighted by atomic mass is 32.2. The van der Waals surface area contributed by atoms with E-state index in [0.29, 0.717) is 13.0 Å². The molecule has 104 valence electrons. The van der Waals surface area contributed by atoms with E-state index in [0.717, 1.165) is 19.5 Å². The summed E-state index contributed by atoms with van der Waals surface area (Å²) in [5.74, 6) is 0.150. The maximum Gasteiger partial charge on any atom is 0.212 e. The van der Waals surface area contributed by atoms with Crippen LogP contribution in [0.15, 0.2) is 0 Å². The van der Waals surface area contributed by atoms with Gasteiger partial charge in [0.1, 0.15) is 0 Å². The van der Waals surface area contributed by atoms with Crippen LogP contribution in [0, 0.1) is 0 Å². The van der Waals surface area contributed by atoms with E-state index in [2.05, 4.69) is 17.0 Å². The van der Waals surface area contributed by atoms with Gasteiger partial charge in [-0.1, -0.05) is 6.92 Å². The largest absolute Gasteiger partial charge is 0.383 e. The second kappa shape index (κ2) is 8.02. The van der Waals surface area contributed by atoms with Gasteiger partial charge in [-0.3, -0.25) is 0 Å². The van der Waals surface area contributed by atoms with Gasteiger partial charge in [0.05, 0.1) is 17.9 Å². The average molecular weight is 266 g/mol. The van der Waals surface area contributed by atoms with Gasteiger partial charge in [-0.05, 0) is 39.8 Å². The van der Waals surface area contributed by atoms with Crippen molar-refractivity contribution in [2.75, 3.05) is 32.6 Å². The van der Waals surface area contributed by atoms with Gasteiger partial charge in [0.15, 0.2) is 0 Å². The molecule has 0 radical (unpaired) electrons. The minimum absolute atomic E-state index is 0.150. The van der Waals surface area contributed by atoms with Crippen molar-refractivity contribution >= 4 is 10.0 Å². The Labute approximate surface area is 105 Å². The van der Waals surface area contributed by atoms with E-state index < -0.39 is 15.6 Å². The Morgan fingerprint density at radius 3 is 2.41 bits per heavy atom. The number of rotatable bonds is 10. The van der Waals surface area contributed by atoms with Crippen LogP contribution in [0.4, 0.5) is 0 Å². The molecular formula is C11H26N2O3S. The summed E-state index contributed by atoms with van der Waals surface area (Å²) in [5.41, 5.74) is -0.551. The Morgan fingerprint density at radius 1 is 1.24 bits per heavy atom. The minimum atomic E-state index is -3.22. The van der Waals surface area contributed by atoms with Crippen molar-refractivity contribution in [3.63, 3.8) is 0 Å². The van der Waals surface area contributed by atoms with Gasteiger partial charge in [-0.15, -0.1) is 0 Å². The highest BCUT2D eigenvalue weighted by molar-refractivity contribution is 7.89. The third kappa shape index (κ3) is 9.52. The molecule has 0 aromatic rings. The van der Waals surface area contributed by atoms with Crippen LogP contribution < -0.4 is 10.0 Å². The Bertz CT molecular complexity index is 289. The van der Waals surface area contributed by atoms with Gasteiger partial charge in [-0.25, -0.2) is 13.1 Å². The van der Waals surface area contributed by atoms with Crippen molar-refractivity contribution < 1.29 is 13.2 Å². The van der Waals surface area contributed by atoms with Crippen molar-refractivity contribution in [2.24, 2.45) is 0 Å². The summed E-state index contributed by atoms with van der Waals surface area (Å²) in [6.07, 6.45) is 1.68. The van der Waals surface area contributed by atoms with Crippen LogP contribution in [0.1, 0.15) is 33.6 Å². The third-order valence-corrected chi connectivity index (χ3v) is 3.82. The molecule has 17 heavy (non-hydrogen) atoms. The van der Waals surface area contributed by atoms with Crippen molar-refractivity contribution in [2.45, 2.75) is 39.2 Å². The summed E-state index contributed by atoms with van der Waals surface area (Å²) in [5, 5.41) is 3.18. The number of sulfonamides is 1. The maximum atomic E-state index is 11.8. The van der Waals surface area contributed by atoms with Crippen LogP contribution in [0.5, 0.6) is 0 Å². The summed E-state index contributed by atoms with van der Waals surface area (Å²) < 4.78 is 31.1. The topological polar surface area (TPSA) is 67.4 Å². The van der Waals surface area contributed by atoms with Gasteiger partial charge in [0, 0.05) is 7.11 Å². The monoisotopic (exact) mass is 266 g/mol. The SMILES string of the molecule is CCCNCCCS(=O)(=O)NC(C)(C)COC. The van der Waals surface area contributed by atoms with Gasteiger partial charge < -0.3 is 10.1 Å². The zero-order valence-corrected chi connectivity index (χ0v) is 12.2. The maximum absolute atomic E-state index is 11.8. The Kier molecular flexibility index (Phi) is 7.94. The molecule has 0 amide bonds. The zero-order chi connectivity index (χ0) is 13.4. The molecule has 0 aromatic carbocycles. The molecule has 0 aromatic heterocycles. The van der Waals surface area contributed by atoms with E-state index in [1.54, 1.807) is 7.11 Å². The molecule has 0 saturated carbocycles. The number of hydrogen-bond donors (Lipinski definition) is 2. The quantitative estimate of drug-likeness (QED) is 0.572. The van der Waals surface area contributed by atoms with Gasteiger partial charge in [-0.2, -0.15) is 0 Å². The summed E-state index contributed by atoms with van der Waals surface area (Å²) in [6.45, 7) is 7.73. The second-order valence-corrected chi connectivity index (χ2v) is 6.68. The fourth-order valence-corrected chi connectivity index (χ4v) is 3.08. The molecule has 0 saturated heterocycles. The number of hydrogen-bond acceptors (Lipinski definition) is 4. The Hall–Kier alpha value is -0.170. The van der Waals surface area contributed by atoms with E-state index in [9.17, 15) is 8.42 Å². The van der Waals surface area contributed by atoms with E-state index in [-0.39, 0.29) is 5.75 Å². The van der Waals surface area contributed by atoms with Crippen molar-refractivity contribution in [1.82, 2.24) is 10.0 Å². The molecule has 0 aliphatic carbocycles. The Balaban J connectivity index is 3.95. The van der Waals surface area contributed by atoms with Gasteiger partial charge >= 0.3 is 0 Å². The van der Waals surface area contributed by atoms with E-state index in [1.165, 1.54) is 0 Å². The number of nitrogens with one attached hydrogen (secondary N) is 2. The molecule has 6 heteroatoms. The summed E-state index contributed by atoms with van der Waals surface area (Å²) >= 11 is 0. The highest BCUT2D eigenvalue weighted by Gasteiger charge is 2.24. The number of ether oxygens (including phenoxy) is 1. The molecule has 0 fully saturated rings. The highest BCUT2D eigenvalue weighted by Crippen LogP contribution is 2.05. The second-order valence-electron chi connectivity index (χ2n) is 4.84. The molecule has 0 spiro atoms. The van der Waals surface area contributed by atoms with E-state index in [1.807, 2.05) is 13.8 Å². The molecule has 2 N–H and O–H groups in total. The number of methoxy groups -OCH3 is 1. The van der Waals surface area contributed by atoms with E-state index >= 15 is 0 Å². The fraction of sp³-hybridized carbons (Fsp3) is 1.00. The van der Waals surface area contributed by atoms with Crippen LogP contribution in [-0.4, -0.2) is 46.5 Å². The van der Waals surface area contributed by atoms with Crippen molar-refractivity contribution in [3.05, 3.63) is 0 Å². The van der Waals surface area contributed by atoms with Crippen molar-refractivity contribution in [3.8, 4) is 0 Å². The first-order valence-corrected chi connectivity index (χ1v) is 7.69. The molecule has 0 rings (SSSR count). The van der Waals surface area contributed by atoms with Crippen LogP contribution in [0.2, 0.25) is 0 Å². The first kappa shape index (κ1) is 16.8. The van der Waals surface area contributed by atoms with Gasteiger partial charge in [0.25, 0.3) is 0 Å². The Morgan fingerprint density at radius 2 is 1.88 bits per heavy atom. The molecule has 0 aliphatic heterocycles. The molecular weight excluding hydrogens is 240 g/mol. The molecule has 0 bridgehead atoms. The van der Waals surface area contributed by atoms with Gasteiger partial charge in [0.2, 0.25) is 10.0 Å². The van der Waals surface area contributed by atoms with Crippen LogP contribution in [0.3, 0.4) is 0 Å². The summed E-state index contributed by atoms with van der Waals surface area (Å²) in [7, 11) is -1.66. The summed E-state index contributed by atoms with van der Waals surface area (Å²) in [6, 6.07) is 0. The smallest absolute Gasteiger partial charge is 0.212 e. The standard InChI is InChI=1S/C11H26N2O3S/c1-5-7-12-8-6-9-17(14,15)13-11(2,3)10-16-4/h12-13H,5-10H2,1-4H3. The fourth-order valence-electron chi connectivity index (χ4n) is 1.55. The minimum Gasteiger partial charge on any atom is -0.383 e. The molecule has 0 aliphatic rings. The molecule has 0 atom stereocenters. The predicted molar refractivity (Wildman–Crippen MR) is 70.7 cm³/mol. The van der Waals surface area contributed by atoms with Crippen LogP contribution in [0.25, 0.3) is 0 Å². The van der Waals surface area contributed by atoms with Crippen LogP contribution >= 0.6 is 0 Å². The molecule has 5 nitrogen and oxygen atoms in total. The third-order valence-electron chi connectivity index (χ3n) is 2.13. The lowest BCUT2D eigenvalue weighted by Gasteiger charge is -2.24. The molecule has 0 unspecified atom stereocenters. The lowest BCUT2D eigenvalue weighted by molar-refractivity contribution is 0.141. The molecule has 0 heterocycles. The normalized spacial score (nSPS) is 12.9. The first-order chi connectivity index (χ1) is 7.83. The average Bonchev–Trinajstić information content (AvgIpc) is 2.15.